The maximum absolute atomic E-state index is 12.7. The molecule has 0 bridgehead atoms. The number of thiazole rings is 1. The molecule has 0 aliphatic carbocycles. The average molecular weight is 407 g/mol. The topological polar surface area (TPSA) is 55.3 Å². The van der Waals surface area contributed by atoms with Crippen molar-refractivity contribution in [3.63, 3.8) is 0 Å². The monoisotopic (exact) mass is 407 g/mol. The van der Waals surface area contributed by atoms with E-state index in [1.807, 2.05) is 24.3 Å². The molecule has 0 atom stereocenters. The fourth-order valence-corrected chi connectivity index (χ4v) is 4.00. The van der Waals surface area contributed by atoms with Gasteiger partial charge in [-0.2, -0.15) is 13.2 Å². The van der Waals surface area contributed by atoms with Gasteiger partial charge in [0, 0.05) is 38.2 Å². The van der Waals surface area contributed by atoms with Crippen molar-refractivity contribution < 1.29 is 22.7 Å². The van der Waals surface area contributed by atoms with Crippen LogP contribution in [0.2, 0.25) is 0 Å². The summed E-state index contributed by atoms with van der Waals surface area (Å²) in [5, 5.41) is 0.463. The summed E-state index contributed by atoms with van der Waals surface area (Å²) in [4.78, 5) is 22.5. The van der Waals surface area contributed by atoms with E-state index in [9.17, 15) is 18.0 Å². The van der Waals surface area contributed by atoms with Crippen LogP contribution in [0.15, 0.2) is 42.6 Å². The first-order valence-electron chi connectivity index (χ1n) is 8.75. The molecule has 1 amide bonds. The van der Waals surface area contributed by atoms with Gasteiger partial charge in [0.15, 0.2) is 5.01 Å². The fourth-order valence-electron chi connectivity index (χ4n) is 3.06. The van der Waals surface area contributed by atoms with E-state index in [0.29, 0.717) is 30.9 Å². The average Bonchev–Trinajstić information content (AvgIpc) is 3.12. The second kappa shape index (κ2) is 7.38. The number of nitrogens with zero attached hydrogens (tertiary/aromatic N) is 3. The van der Waals surface area contributed by atoms with Gasteiger partial charge in [0.05, 0.1) is 15.8 Å². The van der Waals surface area contributed by atoms with E-state index >= 15 is 0 Å². The number of fused-ring (bicyclic) bond motifs is 1. The van der Waals surface area contributed by atoms with Crippen LogP contribution in [0, 0.1) is 0 Å². The Morgan fingerprint density at radius 3 is 2.54 bits per heavy atom. The standard InChI is InChI=1S/C19H16F3N3O2S/c20-19(21,22)12-5-6-16(23-11-12)27-13-7-9-25(10-8-13)18(26)17-24-14-3-1-2-4-15(14)28-17/h1-6,11,13H,7-10H2. The van der Waals surface area contributed by atoms with Crippen LogP contribution < -0.4 is 4.74 Å². The number of likely N-dealkylation sites (tertiary alicyclic amines) is 1. The van der Waals surface area contributed by atoms with E-state index < -0.39 is 11.7 Å². The van der Waals surface area contributed by atoms with Gasteiger partial charge < -0.3 is 9.64 Å². The number of benzene rings is 1. The van der Waals surface area contributed by atoms with Gasteiger partial charge >= 0.3 is 6.18 Å². The van der Waals surface area contributed by atoms with Crippen LogP contribution in [-0.4, -0.2) is 40.0 Å². The number of aromatic nitrogens is 2. The molecule has 1 aliphatic heterocycles. The number of amides is 1. The molecule has 1 aromatic carbocycles. The van der Waals surface area contributed by atoms with E-state index in [0.717, 1.165) is 22.5 Å². The zero-order valence-corrected chi connectivity index (χ0v) is 15.5. The van der Waals surface area contributed by atoms with Gasteiger partial charge in [-0.1, -0.05) is 12.1 Å². The summed E-state index contributed by atoms with van der Waals surface area (Å²) >= 11 is 1.37. The molecule has 2 aromatic heterocycles. The third kappa shape index (κ3) is 3.94. The normalized spacial score (nSPS) is 15.8. The lowest BCUT2D eigenvalue weighted by Gasteiger charge is -2.31. The van der Waals surface area contributed by atoms with Crippen LogP contribution in [-0.2, 0) is 6.18 Å². The first-order valence-corrected chi connectivity index (χ1v) is 9.56. The number of alkyl halides is 3. The van der Waals surface area contributed by atoms with E-state index in [4.69, 9.17) is 4.74 Å². The molecule has 0 spiro atoms. The number of rotatable bonds is 3. The largest absolute Gasteiger partial charge is 0.474 e. The number of carbonyl (C=O) groups is 1. The molecule has 1 aliphatic rings. The van der Waals surface area contributed by atoms with E-state index in [-0.39, 0.29) is 17.9 Å². The van der Waals surface area contributed by atoms with Crippen LogP contribution >= 0.6 is 11.3 Å². The summed E-state index contributed by atoms with van der Waals surface area (Å²) in [6, 6.07) is 9.78. The minimum atomic E-state index is -4.42. The fraction of sp³-hybridized carbons (Fsp3) is 0.316. The maximum atomic E-state index is 12.7. The van der Waals surface area contributed by atoms with Crippen LogP contribution in [0.5, 0.6) is 5.88 Å². The lowest BCUT2D eigenvalue weighted by atomic mass is 10.1. The molecule has 0 N–H and O–H groups in total. The van der Waals surface area contributed by atoms with Crippen LogP contribution in [0.3, 0.4) is 0 Å². The van der Waals surface area contributed by atoms with Crippen molar-refractivity contribution in [2.75, 3.05) is 13.1 Å². The Bertz CT molecular complexity index is 947. The van der Waals surface area contributed by atoms with E-state index in [1.165, 1.54) is 17.4 Å². The van der Waals surface area contributed by atoms with Crippen molar-refractivity contribution in [1.29, 1.82) is 0 Å². The van der Waals surface area contributed by atoms with Crippen molar-refractivity contribution in [3.8, 4) is 5.88 Å². The molecule has 5 nitrogen and oxygen atoms in total. The Labute approximate surface area is 162 Å². The van der Waals surface area contributed by atoms with Crippen molar-refractivity contribution in [1.82, 2.24) is 14.9 Å². The number of para-hydroxylation sites is 1. The molecule has 1 fully saturated rings. The highest BCUT2D eigenvalue weighted by molar-refractivity contribution is 7.20. The number of piperidine rings is 1. The summed E-state index contributed by atoms with van der Waals surface area (Å²) in [6.45, 7) is 1.00. The summed E-state index contributed by atoms with van der Waals surface area (Å²) in [5.74, 6) is 0.0521. The van der Waals surface area contributed by atoms with Gasteiger partial charge in [-0.15, -0.1) is 11.3 Å². The Balaban J connectivity index is 1.34. The lowest BCUT2D eigenvalue weighted by Crippen LogP contribution is -2.41. The Morgan fingerprint density at radius 2 is 1.89 bits per heavy atom. The minimum absolute atomic E-state index is 0.104. The molecule has 3 aromatic rings. The molecular weight excluding hydrogens is 391 g/mol. The predicted octanol–water partition coefficient (Wildman–Crippen LogP) is 4.39. The zero-order chi connectivity index (χ0) is 19.7. The van der Waals surface area contributed by atoms with E-state index in [1.54, 1.807) is 4.90 Å². The maximum Gasteiger partial charge on any atom is 0.417 e. The number of ether oxygens (including phenoxy) is 1. The minimum Gasteiger partial charge on any atom is -0.474 e. The number of halogens is 3. The Kier molecular flexibility index (Phi) is 4.92. The summed E-state index contributed by atoms with van der Waals surface area (Å²) in [5.41, 5.74) is -0.00134. The predicted molar refractivity (Wildman–Crippen MR) is 98.4 cm³/mol. The van der Waals surface area contributed by atoms with Crippen molar-refractivity contribution >= 4 is 27.5 Å². The molecule has 4 rings (SSSR count). The molecule has 146 valence electrons. The highest BCUT2D eigenvalue weighted by Crippen LogP contribution is 2.30. The van der Waals surface area contributed by atoms with Crippen LogP contribution in [0.1, 0.15) is 28.2 Å². The lowest BCUT2D eigenvalue weighted by molar-refractivity contribution is -0.137. The third-order valence-corrected chi connectivity index (χ3v) is 5.58. The highest BCUT2D eigenvalue weighted by Gasteiger charge is 2.31. The molecule has 9 heteroatoms. The quantitative estimate of drug-likeness (QED) is 0.646. The number of carbonyl (C=O) groups excluding carboxylic acids is 1. The highest BCUT2D eigenvalue weighted by atomic mass is 32.1. The zero-order valence-electron chi connectivity index (χ0n) is 14.6. The van der Waals surface area contributed by atoms with Crippen molar-refractivity contribution in [2.45, 2.75) is 25.1 Å². The molecule has 0 unspecified atom stereocenters. The SMILES string of the molecule is O=C(c1nc2ccccc2s1)N1CCC(Oc2ccc(C(F)(F)F)cn2)CC1. The van der Waals surface area contributed by atoms with Gasteiger partial charge in [0.25, 0.3) is 5.91 Å². The second-order valence-corrected chi connectivity index (χ2v) is 7.51. The molecule has 28 heavy (non-hydrogen) atoms. The summed E-state index contributed by atoms with van der Waals surface area (Å²) in [6.07, 6.45) is -2.68. The first-order chi connectivity index (χ1) is 13.4. The van der Waals surface area contributed by atoms with Crippen molar-refractivity contribution in [2.24, 2.45) is 0 Å². The van der Waals surface area contributed by atoms with Gasteiger partial charge in [-0.25, -0.2) is 9.97 Å². The Hall–Kier alpha value is -2.68. The van der Waals surface area contributed by atoms with Crippen molar-refractivity contribution in [3.05, 3.63) is 53.2 Å². The molecule has 0 radical (unpaired) electrons. The van der Waals surface area contributed by atoms with Crippen LogP contribution in [0.25, 0.3) is 10.2 Å². The van der Waals surface area contributed by atoms with E-state index in [2.05, 4.69) is 9.97 Å². The van der Waals surface area contributed by atoms with Gasteiger partial charge in [-0.05, 0) is 18.2 Å². The first kappa shape index (κ1) is 18.7. The molecule has 1 saturated heterocycles. The molecule has 0 saturated carbocycles. The van der Waals surface area contributed by atoms with Gasteiger partial charge in [0.1, 0.15) is 6.10 Å². The number of hydrogen-bond donors (Lipinski definition) is 0. The Morgan fingerprint density at radius 1 is 1.14 bits per heavy atom. The summed E-state index contributed by atoms with van der Waals surface area (Å²) < 4.78 is 44.4. The number of pyridine rings is 1. The smallest absolute Gasteiger partial charge is 0.417 e. The van der Waals surface area contributed by atoms with Crippen LogP contribution in [0.4, 0.5) is 13.2 Å². The molecular formula is C19H16F3N3O2S. The van der Waals surface area contributed by atoms with Gasteiger partial charge in [-0.3, -0.25) is 4.79 Å². The second-order valence-electron chi connectivity index (χ2n) is 6.48. The van der Waals surface area contributed by atoms with Gasteiger partial charge in [0.2, 0.25) is 5.88 Å². The third-order valence-electron chi connectivity index (χ3n) is 4.56. The summed E-state index contributed by atoms with van der Waals surface area (Å²) in [7, 11) is 0. The number of hydrogen-bond acceptors (Lipinski definition) is 5. The molecule has 3 heterocycles.